The predicted molar refractivity (Wildman–Crippen MR) is 59.5 cm³/mol. The minimum absolute atomic E-state index is 0.729. The quantitative estimate of drug-likeness (QED) is 0.823. The number of hydrogen-bond acceptors (Lipinski definition) is 3. The first-order chi connectivity index (χ1) is 7.40. The summed E-state index contributed by atoms with van der Waals surface area (Å²) in [5.41, 5.74) is 1.02. The molecule has 15 heavy (non-hydrogen) atoms. The molecule has 2 heterocycles. The van der Waals surface area contributed by atoms with Crippen molar-refractivity contribution in [1.29, 1.82) is 0 Å². The first-order valence-electron chi connectivity index (χ1n) is 5.04. The Bertz CT molecular complexity index is 408. The molecule has 2 aromatic heterocycles. The van der Waals surface area contributed by atoms with Gasteiger partial charge in [0, 0.05) is 31.3 Å². The largest absolute Gasteiger partial charge is 0.377 e. The molecule has 0 radical (unpaired) electrons. The highest BCUT2D eigenvalue weighted by Gasteiger charge is 1.99. The third-order valence-electron chi connectivity index (χ3n) is 2.25. The lowest BCUT2D eigenvalue weighted by atomic mass is 10.4. The monoisotopic (exact) mass is 202 g/mol. The normalized spacial score (nSPS) is 10.2. The second kappa shape index (κ2) is 4.59. The van der Waals surface area contributed by atoms with Crippen LogP contribution in [-0.4, -0.2) is 14.5 Å². The van der Waals surface area contributed by atoms with Crippen LogP contribution in [0.4, 0.5) is 5.69 Å². The molecule has 2 rings (SSSR count). The van der Waals surface area contributed by atoms with E-state index < -0.39 is 0 Å². The van der Waals surface area contributed by atoms with Crippen molar-refractivity contribution in [3.05, 3.63) is 42.7 Å². The molecular formula is C11H14N4. The van der Waals surface area contributed by atoms with E-state index >= 15 is 0 Å². The van der Waals surface area contributed by atoms with Crippen molar-refractivity contribution in [3.8, 4) is 0 Å². The third kappa shape index (κ3) is 2.34. The molecule has 0 atom stereocenters. The summed E-state index contributed by atoms with van der Waals surface area (Å²) < 4.78 is 2.11. The summed E-state index contributed by atoms with van der Waals surface area (Å²) in [6.07, 6.45) is 7.38. The molecule has 0 amide bonds. The summed E-state index contributed by atoms with van der Waals surface area (Å²) in [4.78, 5) is 8.32. The highest BCUT2D eigenvalue weighted by molar-refractivity contribution is 5.39. The lowest BCUT2D eigenvalue weighted by molar-refractivity contribution is 0.708. The maximum atomic E-state index is 4.28. The zero-order valence-corrected chi connectivity index (χ0v) is 8.72. The second-order valence-electron chi connectivity index (χ2n) is 3.22. The van der Waals surface area contributed by atoms with Crippen LogP contribution in [0.1, 0.15) is 12.7 Å². The number of anilines is 1. The van der Waals surface area contributed by atoms with Crippen LogP contribution in [0.25, 0.3) is 0 Å². The van der Waals surface area contributed by atoms with Gasteiger partial charge in [-0.1, -0.05) is 0 Å². The van der Waals surface area contributed by atoms with Gasteiger partial charge in [0.05, 0.1) is 12.2 Å². The van der Waals surface area contributed by atoms with Gasteiger partial charge in [-0.05, 0) is 19.1 Å². The topological polar surface area (TPSA) is 42.7 Å². The van der Waals surface area contributed by atoms with E-state index in [0.29, 0.717) is 0 Å². The Morgan fingerprint density at radius 2 is 2.33 bits per heavy atom. The third-order valence-corrected chi connectivity index (χ3v) is 2.25. The van der Waals surface area contributed by atoms with E-state index in [1.54, 1.807) is 12.4 Å². The Morgan fingerprint density at radius 1 is 1.40 bits per heavy atom. The maximum absolute atomic E-state index is 4.28. The zero-order valence-electron chi connectivity index (χ0n) is 8.72. The van der Waals surface area contributed by atoms with Gasteiger partial charge in [0.15, 0.2) is 0 Å². The fourth-order valence-corrected chi connectivity index (χ4v) is 1.44. The average Bonchev–Trinajstić information content (AvgIpc) is 2.75. The molecule has 0 aliphatic heterocycles. The minimum atomic E-state index is 0.729. The number of aryl methyl sites for hydroxylation is 1. The summed E-state index contributed by atoms with van der Waals surface area (Å²) in [7, 11) is 0. The van der Waals surface area contributed by atoms with Gasteiger partial charge in [0.1, 0.15) is 5.82 Å². The molecule has 78 valence electrons. The van der Waals surface area contributed by atoms with Crippen LogP contribution in [-0.2, 0) is 13.1 Å². The number of aromatic nitrogens is 3. The molecule has 0 bridgehead atoms. The highest BCUT2D eigenvalue weighted by Crippen LogP contribution is 2.05. The van der Waals surface area contributed by atoms with Crippen LogP contribution >= 0.6 is 0 Å². The SMILES string of the molecule is CCn1ccnc1CNc1cccnc1. The molecule has 0 saturated heterocycles. The molecule has 0 saturated carbocycles. The Hall–Kier alpha value is -1.84. The number of nitrogens with zero attached hydrogens (tertiary/aromatic N) is 3. The predicted octanol–water partition coefficient (Wildman–Crippen LogP) is 1.91. The van der Waals surface area contributed by atoms with Gasteiger partial charge in [-0.25, -0.2) is 4.98 Å². The molecule has 1 N–H and O–H groups in total. The van der Waals surface area contributed by atoms with Crippen LogP contribution < -0.4 is 5.32 Å². The molecule has 2 aromatic rings. The first-order valence-corrected chi connectivity index (χ1v) is 5.04. The van der Waals surface area contributed by atoms with Crippen LogP contribution in [0, 0.1) is 0 Å². The Morgan fingerprint density at radius 3 is 3.07 bits per heavy atom. The first kappa shape index (κ1) is 9.71. The Kier molecular flexibility index (Phi) is 2.97. The molecule has 0 fully saturated rings. The van der Waals surface area contributed by atoms with Crippen molar-refractivity contribution in [2.24, 2.45) is 0 Å². The molecule has 0 aliphatic carbocycles. The van der Waals surface area contributed by atoms with Gasteiger partial charge in [-0.3, -0.25) is 4.98 Å². The average molecular weight is 202 g/mol. The number of hydrogen-bond donors (Lipinski definition) is 1. The van der Waals surface area contributed by atoms with E-state index in [-0.39, 0.29) is 0 Å². The summed E-state index contributed by atoms with van der Waals surface area (Å²) in [5.74, 6) is 1.04. The van der Waals surface area contributed by atoms with Gasteiger partial charge in [-0.2, -0.15) is 0 Å². The summed E-state index contributed by atoms with van der Waals surface area (Å²) in [6.45, 7) is 3.78. The van der Waals surface area contributed by atoms with Gasteiger partial charge >= 0.3 is 0 Å². The molecule has 0 unspecified atom stereocenters. The van der Waals surface area contributed by atoms with Crippen molar-refractivity contribution >= 4 is 5.69 Å². The summed E-state index contributed by atoms with van der Waals surface area (Å²) in [5, 5.41) is 3.28. The number of imidazole rings is 1. The molecule has 4 nitrogen and oxygen atoms in total. The number of nitrogens with one attached hydrogen (secondary N) is 1. The molecule has 0 aromatic carbocycles. The Balaban J connectivity index is 1.99. The van der Waals surface area contributed by atoms with E-state index in [2.05, 4.69) is 26.8 Å². The molecular weight excluding hydrogens is 188 g/mol. The van der Waals surface area contributed by atoms with E-state index in [0.717, 1.165) is 24.6 Å². The van der Waals surface area contributed by atoms with E-state index in [1.165, 1.54) is 0 Å². The van der Waals surface area contributed by atoms with Crippen molar-refractivity contribution in [2.45, 2.75) is 20.0 Å². The second-order valence-corrected chi connectivity index (χ2v) is 3.22. The maximum Gasteiger partial charge on any atom is 0.128 e. The standard InChI is InChI=1S/C11H14N4/c1-2-15-7-6-13-11(15)9-14-10-4-3-5-12-8-10/h3-8,14H,2,9H2,1H3. The summed E-state index contributed by atoms with van der Waals surface area (Å²) >= 11 is 0. The van der Waals surface area contributed by atoms with E-state index in [4.69, 9.17) is 0 Å². The zero-order chi connectivity index (χ0) is 10.5. The fraction of sp³-hybridized carbons (Fsp3) is 0.273. The van der Waals surface area contributed by atoms with E-state index in [9.17, 15) is 0 Å². The molecule has 4 heteroatoms. The number of rotatable bonds is 4. The van der Waals surface area contributed by atoms with Crippen molar-refractivity contribution in [3.63, 3.8) is 0 Å². The summed E-state index contributed by atoms with van der Waals surface area (Å²) in [6, 6.07) is 3.90. The van der Waals surface area contributed by atoms with Crippen molar-refractivity contribution in [2.75, 3.05) is 5.32 Å². The van der Waals surface area contributed by atoms with Crippen molar-refractivity contribution in [1.82, 2.24) is 14.5 Å². The van der Waals surface area contributed by atoms with Crippen molar-refractivity contribution < 1.29 is 0 Å². The van der Waals surface area contributed by atoms with Gasteiger partial charge in [0.25, 0.3) is 0 Å². The fourth-order valence-electron chi connectivity index (χ4n) is 1.44. The molecule has 0 aliphatic rings. The van der Waals surface area contributed by atoms with Crippen LogP contribution in [0.2, 0.25) is 0 Å². The van der Waals surface area contributed by atoms with Crippen LogP contribution in [0.5, 0.6) is 0 Å². The van der Waals surface area contributed by atoms with Gasteiger partial charge in [-0.15, -0.1) is 0 Å². The van der Waals surface area contributed by atoms with Gasteiger partial charge in [0.2, 0.25) is 0 Å². The minimum Gasteiger partial charge on any atom is -0.377 e. The molecule has 0 spiro atoms. The van der Waals surface area contributed by atoms with Crippen LogP contribution in [0.3, 0.4) is 0 Å². The lowest BCUT2D eigenvalue weighted by Gasteiger charge is -2.07. The van der Waals surface area contributed by atoms with Gasteiger partial charge < -0.3 is 9.88 Å². The lowest BCUT2D eigenvalue weighted by Crippen LogP contribution is -2.07. The number of pyridine rings is 1. The highest BCUT2D eigenvalue weighted by atomic mass is 15.1. The Labute approximate surface area is 89.0 Å². The van der Waals surface area contributed by atoms with E-state index in [1.807, 2.05) is 24.5 Å². The smallest absolute Gasteiger partial charge is 0.128 e. The van der Waals surface area contributed by atoms with Crippen LogP contribution in [0.15, 0.2) is 36.9 Å².